The smallest absolute Gasteiger partial charge is 0.508 e. The Kier molecular flexibility index (Phi) is 25.3. The number of benzene rings is 1. The molecule has 27 nitrogen and oxygen atoms in total. The first-order valence-electron chi connectivity index (χ1n) is 23.2. The van der Waals surface area contributed by atoms with Crippen LogP contribution in [0.3, 0.4) is 0 Å². The molecule has 5 rings (SSSR count). The van der Waals surface area contributed by atoms with E-state index in [1.807, 2.05) is 0 Å². The second kappa shape index (κ2) is 30.5. The van der Waals surface area contributed by atoms with Crippen molar-refractivity contribution in [3.63, 3.8) is 0 Å². The van der Waals surface area contributed by atoms with E-state index in [2.05, 4.69) is 83.1 Å². The number of thiol groups is 2. The number of hydrogen-bond acceptors (Lipinski definition) is 21. The van der Waals surface area contributed by atoms with Crippen LogP contribution in [0.2, 0.25) is 0 Å². The number of hydrogen-bond donors (Lipinski definition) is 13. The number of carboxylic acid groups (broad SMARTS) is 1. The molecule has 2 bridgehead atoms. The number of amides is 8. The number of aromatic hydroxyl groups is 1. The van der Waals surface area contributed by atoms with Crippen molar-refractivity contribution in [2.75, 3.05) is 49.8 Å². The topological polar surface area (TPSA) is 401 Å². The molecule has 4 aliphatic heterocycles. The third kappa shape index (κ3) is 18.2. The van der Waals surface area contributed by atoms with Gasteiger partial charge in [0, 0.05) is 47.7 Å². The number of rotatable bonds is 18. The molecule has 77 heavy (non-hydrogen) atoms. The number of esters is 1. The second-order valence-electron chi connectivity index (χ2n) is 17.1. The van der Waals surface area contributed by atoms with E-state index >= 15 is 0 Å². The van der Waals surface area contributed by atoms with E-state index in [-0.39, 0.29) is 81.7 Å². The molecule has 4 aliphatic rings. The maximum absolute atomic E-state index is 14.7. The molecule has 0 aromatic heterocycles. The quantitative estimate of drug-likeness (QED) is 0.0246. The maximum atomic E-state index is 14.7. The van der Waals surface area contributed by atoms with Crippen molar-refractivity contribution in [3.8, 4) is 5.75 Å². The minimum atomic E-state index is -1.73. The Labute approximate surface area is 474 Å². The van der Waals surface area contributed by atoms with E-state index in [9.17, 15) is 68.4 Å². The van der Waals surface area contributed by atoms with E-state index in [0.29, 0.717) is 17.7 Å². The van der Waals surface area contributed by atoms with E-state index < -0.39 is 139 Å². The number of ether oxygens (including phenoxy) is 1. The summed E-state index contributed by atoms with van der Waals surface area (Å²) >= 11 is 9.84. The molecule has 0 saturated carbocycles. The van der Waals surface area contributed by atoms with Crippen molar-refractivity contribution in [1.29, 1.82) is 0 Å². The van der Waals surface area contributed by atoms with Crippen LogP contribution in [0.15, 0.2) is 55.7 Å². The number of nitrogens with zero attached hydrogens (tertiary/aromatic N) is 5. The fourth-order valence-electron chi connectivity index (χ4n) is 7.35. The zero-order valence-corrected chi connectivity index (χ0v) is 46.3. The fraction of sp³-hybridized carbons (Fsp3) is 0.500. The summed E-state index contributed by atoms with van der Waals surface area (Å²) in [6, 6.07) is -4.28. The average molecular weight is 1220 g/mol. The van der Waals surface area contributed by atoms with Crippen molar-refractivity contribution in [2.24, 2.45) is 9.98 Å². The van der Waals surface area contributed by atoms with Gasteiger partial charge in [0.2, 0.25) is 35.4 Å². The molecule has 1 fully saturated rings. The zero-order chi connectivity index (χ0) is 55.8. The van der Waals surface area contributed by atoms with Gasteiger partial charge >= 0.3 is 29.0 Å². The monoisotopic (exact) mass is 1220 g/mol. The summed E-state index contributed by atoms with van der Waals surface area (Å²) in [5.74, 6) is -10.8. The number of fused-ring (bicyclic) bond motifs is 4. The number of aliphatic hydroxyl groups excluding tert-OH is 2. The number of phenolic OH excluding ortho intramolecular Hbond substituents is 1. The average Bonchev–Trinajstić information content (AvgIpc) is 4.13. The first-order chi connectivity index (χ1) is 36.1. The number of carbonyl (C=O) groups excluding carboxylic acids is 9. The van der Waals surface area contributed by atoms with Gasteiger partial charge in [-0.1, -0.05) is 39.6 Å². The van der Waals surface area contributed by atoms with Crippen LogP contribution < -0.4 is 37.2 Å². The predicted molar refractivity (Wildman–Crippen MR) is 286 cm³/mol. The zero-order valence-electron chi connectivity index (χ0n) is 41.1. The van der Waals surface area contributed by atoms with E-state index in [1.165, 1.54) is 40.9 Å². The van der Waals surface area contributed by atoms with Gasteiger partial charge in [0.15, 0.2) is 11.8 Å². The van der Waals surface area contributed by atoms with Crippen LogP contribution in [-0.4, -0.2) is 194 Å². The van der Waals surface area contributed by atoms with Crippen LogP contribution in [-0.2, 0) is 76.2 Å². The Bertz CT molecular complexity index is 2560. The van der Waals surface area contributed by atoms with E-state index in [0.717, 1.165) is 21.6 Å². The number of carbonyl (C=O) groups is 10. The molecule has 7 atom stereocenters. The van der Waals surface area contributed by atoms with Crippen LogP contribution in [0.4, 0.5) is 0 Å². The Hall–Kier alpha value is -5.67. The molecule has 1 radical (unpaired) electrons. The summed E-state index contributed by atoms with van der Waals surface area (Å²) in [7, 11) is 1.77. The van der Waals surface area contributed by atoms with Crippen molar-refractivity contribution < 1.29 is 90.2 Å². The number of thioether (sulfide) groups is 1. The van der Waals surface area contributed by atoms with Crippen LogP contribution in [0.5, 0.6) is 5.75 Å². The van der Waals surface area contributed by atoms with Gasteiger partial charge < -0.3 is 87.9 Å². The first kappa shape index (κ1) is 63.9. The van der Waals surface area contributed by atoms with Crippen molar-refractivity contribution in [2.45, 2.75) is 87.9 Å². The molecule has 0 aliphatic carbocycles. The number of aliphatic hydroxyl groups is 2. The molecule has 1 saturated heterocycles. The van der Waals surface area contributed by atoms with Gasteiger partial charge in [0.05, 0.1) is 35.9 Å². The molecule has 1 aromatic carbocycles. The van der Waals surface area contributed by atoms with Crippen molar-refractivity contribution in [3.05, 3.63) is 61.9 Å². The molecule has 4 heterocycles. The summed E-state index contributed by atoms with van der Waals surface area (Å²) in [6.45, 7) is 0.698. The Morgan fingerprint density at radius 1 is 0.935 bits per heavy atom. The SMILES string of the molecule is CSCC[C@@H](NC(=O)[C@H]1CSSC[C@H](NC(=O)[C@H](CO)NC(=O)CN/C(S)=C2\[N-]C(C(=O)OC(C)C)=NC2=O)C(=O)N[C@@H](Cc2ccc(O)cc2)C(=O)N2CCCC2C2=NC(=O)/C(=C(/S)N[C@@H](CO)C(=O)N1)[N-]2)C(=O)O.[Cu+2]. The Balaban J connectivity index is 0.0000128. The first-order valence-corrected chi connectivity index (χ1v) is 28.0. The number of aliphatic imine (C=N–C) groups is 2. The molecular formula is C44H56CuN12O15S5. The van der Waals surface area contributed by atoms with Gasteiger partial charge in [-0.05, 0) is 62.8 Å². The van der Waals surface area contributed by atoms with E-state index in [1.54, 1.807) is 20.1 Å². The van der Waals surface area contributed by atoms with Crippen LogP contribution in [0.25, 0.3) is 10.6 Å². The third-order valence-corrected chi connectivity index (χ3v) is 15.0. The summed E-state index contributed by atoms with van der Waals surface area (Å²) in [6.07, 6.45) is 1.73. The maximum Gasteiger partial charge on any atom is 2.00 e. The fourth-order valence-corrected chi connectivity index (χ4v) is 10.7. The molecule has 1 unspecified atom stereocenters. The molecule has 1 aromatic rings. The molecule has 33 heteroatoms. The largest absolute Gasteiger partial charge is 2.00 e. The number of nitrogens with one attached hydrogen (secondary N) is 7. The van der Waals surface area contributed by atoms with Crippen LogP contribution >= 0.6 is 58.6 Å². The Morgan fingerprint density at radius 2 is 1.64 bits per heavy atom. The van der Waals surface area contributed by atoms with E-state index in [4.69, 9.17) is 4.74 Å². The minimum absolute atomic E-state index is 0. The number of carboxylic acids is 1. The molecule has 11 N–H and O–H groups in total. The summed E-state index contributed by atoms with van der Waals surface area (Å²) < 4.78 is 5.00. The summed E-state index contributed by atoms with van der Waals surface area (Å²) in [5, 5.41) is 65.6. The molecule has 0 spiro atoms. The van der Waals surface area contributed by atoms with Gasteiger partial charge in [0.1, 0.15) is 42.0 Å². The molecule has 8 amide bonds. The predicted octanol–water partition coefficient (Wildman–Crippen LogP) is -2.11. The normalized spacial score (nSPS) is 23.7. The standard InChI is InChI=1S/C44H58N12O15S5.Cu/c1-19(2)71-44(70)33-53-30(38(65)55-33)40(72)45-14-29(60)46-24(15-57)34(61)49-27-18-76-75-17-26(36(63)47-22(43(68)69)10-12-74-3)50-35(62)25(16-58)51-41(73)31-39(66)54-32(52-31)28-5-4-11-56(28)42(67)23(48-37(27)64)13-20-6-8-21(59)9-7-20;/h6-9,19,22-28,57-58H,4-5,10-18H2,1-3H3,(H13,45,46,47,48,49,50,51,52,53,54,55,59,60,61,62,63,64,65,66,68,69,70,72,73);/q;+2/p-2/t22-,23+,24+,25+,26-,27+,28?;/m1./s1. The number of phenols is 1. The minimum Gasteiger partial charge on any atom is -0.508 e. The van der Waals surface area contributed by atoms with Gasteiger partial charge in [-0.3, -0.25) is 38.4 Å². The number of aliphatic carboxylic acids is 1. The second-order valence-corrected chi connectivity index (χ2v) is 21.5. The van der Waals surface area contributed by atoms with Gasteiger partial charge in [-0.25, -0.2) is 9.59 Å². The number of amidine groups is 2. The van der Waals surface area contributed by atoms with Gasteiger partial charge in [0.25, 0.3) is 0 Å². The third-order valence-electron chi connectivity index (χ3n) is 11.2. The van der Waals surface area contributed by atoms with Gasteiger partial charge in [-0.15, -0.1) is 25.3 Å². The molecule has 423 valence electrons. The van der Waals surface area contributed by atoms with Crippen LogP contribution in [0.1, 0.15) is 38.7 Å². The van der Waals surface area contributed by atoms with Crippen molar-refractivity contribution in [1.82, 2.24) is 42.1 Å². The summed E-state index contributed by atoms with van der Waals surface area (Å²) in [4.78, 5) is 143. The van der Waals surface area contributed by atoms with Crippen molar-refractivity contribution >= 4 is 129 Å². The van der Waals surface area contributed by atoms with Gasteiger partial charge in [-0.2, -0.15) is 11.8 Å². The van der Waals surface area contributed by atoms with Crippen LogP contribution in [0, 0.1) is 0 Å². The molecular weight excluding hydrogens is 1160 g/mol. The summed E-state index contributed by atoms with van der Waals surface area (Å²) in [5.41, 5.74) is -0.306. The Morgan fingerprint density at radius 3 is 2.29 bits per heavy atom.